The topological polar surface area (TPSA) is 89.3 Å². The van der Waals surface area contributed by atoms with E-state index in [0.717, 1.165) is 5.56 Å². The largest absolute Gasteiger partial charge is 0.481 e. The summed E-state index contributed by atoms with van der Waals surface area (Å²) in [6, 6.07) is 14.1. The van der Waals surface area contributed by atoms with Crippen molar-refractivity contribution in [3.8, 4) is 17.1 Å². The molecular weight excluding hydrogens is 380 g/mol. The summed E-state index contributed by atoms with van der Waals surface area (Å²) in [6.45, 7) is 5.61. The van der Waals surface area contributed by atoms with Crippen LogP contribution in [0.4, 0.5) is 10.5 Å². The minimum absolute atomic E-state index is 0.0631. The van der Waals surface area contributed by atoms with Gasteiger partial charge in [-0.05, 0) is 63.2 Å². The molecule has 2 amide bonds. The molecule has 0 saturated carbocycles. The Hall–Kier alpha value is -3.06. The van der Waals surface area contributed by atoms with Crippen LogP contribution in [0.1, 0.15) is 32.8 Å². The van der Waals surface area contributed by atoms with E-state index in [1.165, 1.54) is 0 Å². The van der Waals surface area contributed by atoms with Crippen LogP contribution in [0.15, 0.2) is 53.1 Å². The number of halogens is 1. The Bertz CT molecular complexity index is 941. The third kappa shape index (κ3) is 5.23. The molecule has 1 aromatic heterocycles. The van der Waals surface area contributed by atoms with Crippen molar-refractivity contribution >= 4 is 23.3 Å². The smallest absolute Gasteiger partial charge is 0.319 e. The van der Waals surface area contributed by atoms with E-state index in [2.05, 4.69) is 20.8 Å². The molecule has 0 aliphatic rings. The fourth-order valence-electron chi connectivity index (χ4n) is 2.44. The number of rotatable bonds is 6. The molecule has 146 valence electrons. The molecule has 1 atom stereocenters. The number of ether oxygens (including phenoxy) is 1. The van der Waals surface area contributed by atoms with Crippen molar-refractivity contribution in [1.82, 2.24) is 15.5 Å². The highest BCUT2D eigenvalue weighted by molar-refractivity contribution is 6.30. The SMILES string of the molecule is CC(C)NC(=O)Nc1ccc(-c2noc([C@H](C)Oc3cccc(Cl)c3)n2)cc1. The predicted octanol–water partition coefficient (Wildman–Crippen LogP) is 5.06. The average Bonchev–Trinajstić information content (AvgIpc) is 3.12. The van der Waals surface area contributed by atoms with Gasteiger partial charge in [0.25, 0.3) is 5.89 Å². The van der Waals surface area contributed by atoms with Crippen LogP contribution in [0, 0.1) is 0 Å². The summed E-state index contributed by atoms with van der Waals surface area (Å²) in [4.78, 5) is 16.1. The number of nitrogens with one attached hydrogen (secondary N) is 2. The molecule has 3 rings (SSSR count). The lowest BCUT2D eigenvalue weighted by Gasteiger charge is -2.10. The van der Waals surface area contributed by atoms with E-state index in [1.807, 2.05) is 32.9 Å². The zero-order chi connectivity index (χ0) is 20.1. The minimum atomic E-state index is -0.430. The van der Waals surface area contributed by atoms with Crippen molar-refractivity contribution in [2.75, 3.05) is 5.32 Å². The lowest BCUT2D eigenvalue weighted by atomic mass is 10.2. The van der Waals surface area contributed by atoms with Crippen LogP contribution in [0.25, 0.3) is 11.4 Å². The van der Waals surface area contributed by atoms with Crippen LogP contribution in [-0.2, 0) is 0 Å². The Morgan fingerprint density at radius 2 is 1.89 bits per heavy atom. The van der Waals surface area contributed by atoms with Gasteiger partial charge in [0.2, 0.25) is 5.82 Å². The number of benzene rings is 2. The third-order valence-electron chi connectivity index (χ3n) is 3.72. The van der Waals surface area contributed by atoms with Crippen molar-refractivity contribution in [1.29, 1.82) is 0 Å². The first-order valence-corrected chi connectivity index (χ1v) is 9.22. The van der Waals surface area contributed by atoms with E-state index < -0.39 is 6.10 Å². The number of nitrogens with zero attached hydrogens (tertiary/aromatic N) is 2. The van der Waals surface area contributed by atoms with Crippen molar-refractivity contribution in [3.05, 3.63) is 59.4 Å². The number of carbonyl (C=O) groups excluding carboxylic acids is 1. The van der Waals surface area contributed by atoms with Crippen LogP contribution >= 0.6 is 11.6 Å². The molecule has 0 aliphatic heterocycles. The normalized spacial score (nSPS) is 11.9. The summed E-state index contributed by atoms with van der Waals surface area (Å²) in [6.07, 6.45) is -0.430. The molecule has 0 fully saturated rings. The molecule has 3 aromatic rings. The van der Waals surface area contributed by atoms with Gasteiger partial charge >= 0.3 is 6.03 Å². The molecular formula is C20H21ClN4O3. The lowest BCUT2D eigenvalue weighted by molar-refractivity contribution is 0.176. The molecule has 2 aromatic carbocycles. The highest BCUT2D eigenvalue weighted by Crippen LogP contribution is 2.25. The molecule has 7 nitrogen and oxygen atoms in total. The summed E-state index contributed by atoms with van der Waals surface area (Å²) in [7, 11) is 0. The fourth-order valence-corrected chi connectivity index (χ4v) is 2.62. The maximum absolute atomic E-state index is 11.7. The second-order valence-electron chi connectivity index (χ2n) is 6.50. The maximum Gasteiger partial charge on any atom is 0.319 e. The van der Waals surface area contributed by atoms with Gasteiger partial charge in [-0.1, -0.05) is 22.8 Å². The second kappa shape index (κ2) is 8.75. The van der Waals surface area contributed by atoms with Gasteiger partial charge in [-0.3, -0.25) is 0 Å². The molecule has 0 radical (unpaired) electrons. The highest BCUT2D eigenvalue weighted by Gasteiger charge is 2.17. The molecule has 0 aliphatic carbocycles. The van der Waals surface area contributed by atoms with Crippen molar-refractivity contribution < 1.29 is 14.1 Å². The molecule has 0 bridgehead atoms. The number of carbonyl (C=O) groups is 1. The van der Waals surface area contributed by atoms with Crippen molar-refractivity contribution in [2.45, 2.75) is 32.9 Å². The zero-order valence-corrected chi connectivity index (χ0v) is 16.5. The van der Waals surface area contributed by atoms with E-state index in [0.29, 0.717) is 28.2 Å². The van der Waals surface area contributed by atoms with Gasteiger partial charge in [0, 0.05) is 22.3 Å². The Morgan fingerprint density at radius 3 is 2.57 bits per heavy atom. The first-order chi connectivity index (χ1) is 13.4. The molecule has 8 heteroatoms. The summed E-state index contributed by atoms with van der Waals surface area (Å²) in [5.74, 6) is 1.41. The second-order valence-corrected chi connectivity index (χ2v) is 6.94. The Labute approximate surface area is 168 Å². The number of amides is 2. The molecule has 2 N–H and O–H groups in total. The fraction of sp³-hybridized carbons (Fsp3) is 0.250. The van der Waals surface area contributed by atoms with E-state index in [1.54, 1.807) is 36.4 Å². The quantitative estimate of drug-likeness (QED) is 0.603. The molecule has 0 spiro atoms. The van der Waals surface area contributed by atoms with E-state index in [9.17, 15) is 4.79 Å². The van der Waals surface area contributed by atoms with Crippen molar-refractivity contribution in [3.63, 3.8) is 0 Å². The summed E-state index contributed by atoms with van der Waals surface area (Å²) in [5.41, 5.74) is 1.43. The summed E-state index contributed by atoms with van der Waals surface area (Å²) in [5, 5.41) is 10.1. The number of hydrogen-bond donors (Lipinski definition) is 2. The van der Waals surface area contributed by atoms with Gasteiger partial charge in [-0.25, -0.2) is 4.79 Å². The van der Waals surface area contributed by atoms with E-state index >= 15 is 0 Å². The molecule has 0 unspecified atom stereocenters. The first-order valence-electron chi connectivity index (χ1n) is 8.84. The predicted molar refractivity (Wildman–Crippen MR) is 108 cm³/mol. The van der Waals surface area contributed by atoms with Gasteiger partial charge in [0.15, 0.2) is 6.10 Å². The summed E-state index contributed by atoms with van der Waals surface area (Å²) >= 11 is 5.97. The lowest BCUT2D eigenvalue weighted by Crippen LogP contribution is -2.34. The Kier molecular flexibility index (Phi) is 6.16. The van der Waals surface area contributed by atoms with Crippen LogP contribution in [0.3, 0.4) is 0 Å². The minimum Gasteiger partial charge on any atom is -0.481 e. The van der Waals surface area contributed by atoms with Gasteiger partial charge in [-0.15, -0.1) is 0 Å². The van der Waals surface area contributed by atoms with Crippen LogP contribution < -0.4 is 15.4 Å². The first kappa shape index (κ1) is 19.7. The van der Waals surface area contributed by atoms with Gasteiger partial charge in [-0.2, -0.15) is 4.98 Å². The monoisotopic (exact) mass is 400 g/mol. The molecule has 1 heterocycles. The van der Waals surface area contributed by atoms with Gasteiger partial charge in [0.1, 0.15) is 5.75 Å². The maximum atomic E-state index is 11.7. The zero-order valence-electron chi connectivity index (χ0n) is 15.8. The van der Waals surface area contributed by atoms with E-state index in [4.69, 9.17) is 20.9 Å². The Morgan fingerprint density at radius 1 is 1.14 bits per heavy atom. The number of hydrogen-bond acceptors (Lipinski definition) is 5. The number of urea groups is 1. The standard InChI is InChI=1S/C20H21ClN4O3/c1-12(2)22-20(26)23-16-9-7-14(8-10-16)18-24-19(28-25-18)13(3)27-17-6-4-5-15(21)11-17/h4-13H,1-3H3,(H2,22,23,26)/t13-/m0/s1. The van der Waals surface area contributed by atoms with Crippen LogP contribution in [-0.4, -0.2) is 22.2 Å². The van der Waals surface area contributed by atoms with Gasteiger partial charge in [0.05, 0.1) is 0 Å². The van der Waals surface area contributed by atoms with Gasteiger partial charge < -0.3 is 19.9 Å². The van der Waals surface area contributed by atoms with Crippen molar-refractivity contribution in [2.24, 2.45) is 0 Å². The average molecular weight is 401 g/mol. The summed E-state index contributed by atoms with van der Waals surface area (Å²) < 4.78 is 11.1. The third-order valence-corrected chi connectivity index (χ3v) is 3.95. The highest BCUT2D eigenvalue weighted by atomic mass is 35.5. The number of aromatic nitrogens is 2. The molecule has 28 heavy (non-hydrogen) atoms. The Balaban J connectivity index is 1.65. The van der Waals surface area contributed by atoms with Crippen LogP contribution in [0.5, 0.6) is 5.75 Å². The van der Waals surface area contributed by atoms with E-state index in [-0.39, 0.29) is 12.1 Å². The molecule has 0 saturated heterocycles. The number of anilines is 1. The van der Waals surface area contributed by atoms with Crippen LogP contribution in [0.2, 0.25) is 5.02 Å².